The number of hydrogen-bond donors (Lipinski definition) is 0. The maximum Gasteiger partial charge on any atom is 0.0719 e. The zero-order chi connectivity index (χ0) is 38.8. The molecule has 11 rings (SSSR count). The predicted octanol–water partition coefficient (Wildman–Crippen LogP) is 15.1. The standard InChI is InChI=1S/C56H41NS/c1-55(2)49-32-17-18-34-52(49)58-53-35-19-33-51(54(53)55)57(39-22-7-4-8-23-39)50-37-36-41(40-24-9-10-28-45(40)50)42-25-11-14-29-46(42)56(38-20-5-3-6-21-38)47-30-15-12-26-43(47)44-27-13-16-31-48(44)56/h3-37H,1-2H3. The van der Waals surface area contributed by atoms with Crippen LogP contribution in [0.5, 0.6) is 0 Å². The van der Waals surface area contributed by atoms with E-state index in [1.807, 2.05) is 11.8 Å². The highest BCUT2D eigenvalue weighted by molar-refractivity contribution is 7.99. The number of para-hydroxylation sites is 1. The van der Waals surface area contributed by atoms with Crippen LogP contribution in [-0.4, -0.2) is 0 Å². The first-order valence-corrected chi connectivity index (χ1v) is 21.0. The van der Waals surface area contributed by atoms with E-state index in [0.29, 0.717) is 0 Å². The molecular weight excluding hydrogens is 719 g/mol. The van der Waals surface area contributed by atoms with Gasteiger partial charge in [-0.3, -0.25) is 0 Å². The summed E-state index contributed by atoms with van der Waals surface area (Å²) in [7, 11) is 0. The summed E-state index contributed by atoms with van der Waals surface area (Å²) in [6.07, 6.45) is 0. The minimum absolute atomic E-state index is 0.213. The normalized spacial score (nSPS) is 14.2. The van der Waals surface area contributed by atoms with Gasteiger partial charge < -0.3 is 4.90 Å². The van der Waals surface area contributed by atoms with Crippen LogP contribution in [0.25, 0.3) is 33.0 Å². The minimum atomic E-state index is -0.510. The second-order valence-electron chi connectivity index (χ2n) is 16.0. The van der Waals surface area contributed by atoms with Crippen LogP contribution in [0.3, 0.4) is 0 Å². The molecule has 1 nitrogen and oxygen atoms in total. The molecule has 276 valence electrons. The highest BCUT2D eigenvalue weighted by atomic mass is 32.2. The largest absolute Gasteiger partial charge is 0.310 e. The van der Waals surface area contributed by atoms with E-state index in [-0.39, 0.29) is 5.41 Å². The summed E-state index contributed by atoms with van der Waals surface area (Å²) < 4.78 is 0. The van der Waals surface area contributed by atoms with Crippen molar-refractivity contribution >= 4 is 39.6 Å². The Morgan fingerprint density at radius 1 is 0.362 bits per heavy atom. The molecule has 2 aliphatic rings. The Kier molecular flexibility index (Phi) is 8.06. The molecule has 0 aromatic heterocycles. The molecule has 0 saturated heterocycles. The first-order valence-electron chi connectivity index (χ1n) is 20.2. The minimum Gasteiger partial charge on any atom is -0.310 e. The number of hydrogen-bond acceptors (Lipinski definition) is 2. The number of nitrogens with zero attached hydrogens (tertiary/aromatic N) is 1. The fourth-order valence-electron chi connectivity index (χ4n) is 10.2. The van der Waals surface area contributed by atoms with Crippen LogP contribution < -0.4 is 4.90 Å². The van der Waals surface area contributed by atoms with Crippen molar-refractivity contribution in [1.82, 2.24) is 0 Å². The molecular formula is C56H41NS. The third kappa shape index (κ3) is 5.05. The smallest absolute Gasteiger partial charge is 0.0719 e. The van der Waals surface area contributed by atoms with E-state index in [4.69, 9.17) is 0 Å². The van der Waals surface area contributed by atoms with Gasteiger partial charge in [0.1, 0.15) is 0 Å². The van der Waals surface area contributed by atoms with Gasteiger partial charge in [0.2, 0.25) is 0 Å². The molecule has 0 radical (unpaired) electrons. The number of fused-ring (bicyclic) bond motifs is 6. The first kappa shape index (κ1) is 34.6. The van der Waals surface area contributed by atoms with Crippen LogP contribution in [-0.2, 0) is 10.8 Å². The molecule has 1 aliphatic heterocycles. The molecule has 0 unspecified atom stereocenters. The van der Waals surface area contributed by atoms with Crippen LogP contribution in [0.4, 0.5) is 17.1 Å². The Bertz CT molecular complexity index is 2970. The molecule has 58 heavy (non-hydrogen) atoms. The second-order valence-corrected chi connectivity index (χ2v) is 17.1. The lowest BCUT2D eigenvalue weighted by Crippen LogP contribution is -2.29. The molecule has 0 fully saturated rings. The van der Waals surface area contributed by atoms with Gasteiger partial charge in [-0.05, 0) is 91.9 Å². The molecule has 2 heteroatoms. The molecule has 9 aromatic rings. The molecule has 1 aliphatic carbocycles. The fraction of sp³-hybridized carbons (Fsp3) is 0.0714. The quantitative estimate of drug-likeness (QED) is 0.166. The van der Waals surface area contributed by atoms with Crippen LogP contribution in [0, 0.1) is 0 Å². The summed E-state index contributed by atoms with van der Waals surface area (Å²) in [6, 6.07) is 78.7. The van der Waals surface area contributed by atoms with E-state index >= 15 is 0 Å². The Morgan fingerprint density at radius 3 is 1.52 bits per heavy atom. The molecule has 0 N–H and O–H groups in total. The van der Waals surface area contributed by atoms with Gasteiger partial charge in [0.05, 0.1) is 16.8 Å². The number of rotatable bonds is 6. The zero-order valence-corrected chi connectivity index (χ0v) is 33.4. The SMILES string of the molecule is CC1(C)c2ccccc2Sc2cccc(N(c3ccccc3)c3ccc(-c4ccccc4C4(c5ccccc5)c5ccccc5-c5ccccc54)c4ccccc34)c21. The van der Waals surface area contributed by atoms with Crippen molar-refractivity contribution < 1.29 is 0 Å². The zero-order valence-electron chi connectivity index (χ0n) is 32.6. The van der Waals surface area contributed by atoms with Crippen molar-refractivity contribution in [2.45, 2.75) is 34.5 Å². The summed E-state index contributed by atoms with van der Waals surface area (Å²) in [6.45, 7) is 4.77. The maximum atomic E-state index is 2.50. The number of anilines is 3. The Morgan fingerprint density at radius 2 is 0.862 bits per heavy atom. The summed E-state index contributed by atoms with van der Waals surface area (Å²) in [5.41, 5.74) is 15.7. The van der Waals surface area contributed by atoms with Gasteiger partial charge in [-0.15, -0.1) is 0 Å². The lowest BCUT2D eigenvalue weighted by molar-refractivity contribution is 0.608. The van der Waals surface area contributed by atoms with Crippen LogP contribution in [0.2, 0.25) is 0 Å². The molecule has 1 heterocycles. The second kappa shape index (κ2) is 13.5. The first-order chi connectivity index (χ1) is 28.6. The van der Waals surface area contributed by atoms with E-state index in [1.54, 1.807) is 0 Å². The topological polar surface area (TPSA) is 3.24 Å². The van der Waals surface area contributed by atoms with Gasteiger partial charge in [-0.1, -0.05) is 202 Å². The van der Waals surface area contributed by atoms with E-state index in [1.165, 1.54) is 81.9 Å². The van der Waals surface area contributed by atoms with Crippen LogP contribution in [0.1, 0.15) is 47.2 Å². The summed E-state index contributed by atoms with van der Waals surface area (Å²) in [4.78, 5) is 5.14. The van der Waals surface area contributed by atoms with Crippen LogP contribution >= 0.6 is 11.8 Å². The average Bonchev–Trinajstić information content (AvgIpc) is 3.58. The van der Waals surface area contributed by atoms with E-state index < -0.39 is 5.41 Å². The van der Waals surface area contributed by atoms with Crippen molar-refractivity contribution in [3.8, 4) is 22.3 Å². The van der Waals surface area contributed by atoms with Crippen molar-refractivity contribution in [1.29, 1.82) is 0 Å². The highest BCUT2D eigenvalue weighted by Gasteiger charge is 2.47. The maximum absolute atomic E-state index is 2.50. The van der Waals surface area contributed by atoms with Crippen molar-refractivity contribution in [3.63, 3.8) is 0 Å². The highest BCUT2D eigenvalue weighted by Crippen LogP contribution is 2.59. The lowest BCUT2D eigenvalue weighted by Gasteiger charge is -2.39. The van der Waals surface area contributed by atoms with Gasteiger partial charge in [0, 0.05) is 31.8 Å². The Hall–Kier alpha value is -6.61. The van der Waals surface area contributed by atoms with E-state index in [2.05, 4.69) is 231 Å². The molecule has 0 bridgehead atoms. The average molecular weight is 760 g/mol. The fourth-order valence-corrected chi connectivity index (χ4v) is 11.6. The molecule has 0 saturated carbocycles. The predicted molar refractivity (Wildman–Crippen MR) is 244 cm³/mol. The van der Waals surface area contributed by atoms with Gasteiger partial charge in [-0.2, -0.15) is 0 Å². The molecule has 0 atom stereocenters. The summed E-state index contributed by atoms with van der Waals surface area (Å²) in [5, 5.41) is 2.43. The van der Waals surface area contributed by atoms with Crippen molar-refractivity contribution in [3.05, 3.63) is 246 Å². The summed E-state index contributed by atoms with van der Waals surface area (Å²) in [5.74, 6) is 0. The molecule has 0 spiro atoms. The lowest BCUT2D eigenvalue weighted by atomic mass is 9.65. The van der Waals surface area contributed by atoms with Crippen molar-refractivity contribution in [2.24, 2.45) is 0 Å². The number of benzene rings is 9. The van der Waals surface area contributed by atoms with E-state index in [0.717, 1.165) is 11.4 Å². The van der Waals surface area contributed by atoms with Gasteiger partial charge in [0.25, 0.3) is 0 Å². The summed E-state index contributed by atoms with van der Waals surface area (Å²) >= 11 is 1.89. The van der Waals surface area contributed by atoms with Gasteiger partial charge >= 0.3 is 0 Å². The Labute approximate surface area is 345 Å². The van der Waals surface area contributed by atoms with Gasteiger partial charge in [-0.25, -0.2) is 0 Å². The monoisotopic (exact) mass is 759 g/mol. The molecule has 0 amide bonds. The van der Waals surface area contributed by atoms with Crippen molar-refractivity contribution in [2.75, 3.05) is 4.90 Å². The Balaban J connectivity index is 1.17. The molecule has 9 aromatic carbocycles. The van der Waals surface area contributed by atoms with Gasteiger partial charge in [0.15, 0.2) is 0 Å². The third-order valence-corrected chi connectivity index (χ3v) is 13.7. The van der Waals surface area contributed by atoms with E-state index in [9.17, 15) is 0 Å². The third-order valence-electron chi connectivity index (χ3n) is 12.6. The van der Waals surface area contributed by atoms with Crippen LogP contribution in [0.15, 0.2) is 222 Å².